The highest BCUT2D eigenvalue weighted by atomic mass is 35.5. The standard InChI is InChI=1S/C16H24N2O2.ClH/c1-12(16(2,3)13-7-5-4-6-8-13)18-15(19)14-11-17-9-10-20-14;/h4-8,12,14,17H,9-11H2,1-3H3,(H,18,19);1H. The van der Waals surface area contributed by atoms with E-state index in [4.69, 9.17) is 4.74 Å². The van der Waals surface area contributed by atoms with Crippen molar-refractivity contribution in [3.8, 4) is 0 Å². The van der Waals surface area contributed by atoms with Crippen molar-refractivity contribution in [1.29, 1.82) is 0 Å². The molecule has 118 valence electrons. The first kappa shape index (κ1) is 18.0. The van der Waals surface area contributed by atoms with Gasteiger partial charge in [0, 0.05) is 24.5 Å². The summed E-state index contributed by atoms with van der Waals surface area (Å²) in [6, 6.07) is 10.3. The van der Waals surface area contributed by atoms with Crippen molar-refractivity contribution in [3.63, 3.8) is 0 Å². The summed E-state index contributed by atoms with van der Waals surface area (Å²) in [4.78, 5) is 12.2. The third kappa shape index (κ3) is 4.43. The minimum absolute atomic E-state index is 0. The summed E-state index contributed by atoms with van der Waals surface area (Å²) in [7, 11) is 0. The fraction of sp³-hybridized carbons (Fsp3) is 0.562. The summed E-state index contributed by atoms with van der Waals surface area (Å²) in [5.41, 5.74) is 1.09. The highest BCUT2D eigenvalue weighted by Gasteiger charge is 2.31. The van der Waals surface area contributed by atoms with Gasteiger partial charge in [-0.25, -0.2) is 0 Å². The molecule has 4 nitrogen and oxygen atoms in total. The minimum atomic E-state index is -0.377. The number of benzene rings is 1. The van der Waals surface area contributed by atoms with Gasteiger partial charge in [-0.1, -0.05) is 44.2 Å². The molecule has 0 spiro atoms. The lowest BCUT2D eigenvalue weighted by molar-refractivity contribution is -0.135. The highest BCUT2D eigenvalue weighted by molar-refractivity contribution is 5.85. The fourth-order valence-corrected chi connectivity index (χ4v) is 2.34. The molecule has 1 amide bonds. The van der Waals surface area contributed by atoms with E-state index in [-0.39, 0.29) is 35.9 Å². The number of carbonyl (C=O) groups excluding carboxylic acids is 1. The van der Waals surface area contributed by atoms with Crippen molar-refractivity contribution in [1.82, 2.24) is 10.6 Å². The van der Waals surface area contributed by atoms with Gasteiger partial charge in [-0.2, -0.15) is 0 Å². The Morgan fingerprint density at radius 3 is 2.62 bits per heavy atom. The van der Waals surface area contributed by atoms with Gasteiger partial charge in [0.1, 0.15) is 6.10 Å². The van der Waals surface area contributed by atoms with Crippen molar-refractivity contribution >= 4 is 18.3 Å². The zero-order valence-electron chi connectivity index (χ0n) is 12.9. The monoisotopic (exact) mass is 312 g/mol. The molecule has 0 bridgehead atoms. The molecule has 1 aromatic rings. The van der Waals surface area contributed by atoms with Gasteiger partial charge in [0.05, 0.1) is 6.61 Å². The second-order valence-electron chi connectivity index (χ2n) is 5.88. The lowest BCUT2D eigenvalue weighted by Crippen LogP contribution is -2.53. The molecular weight excluding hydrogens is 288 g/mol. The Labute approximate surface area is 133 Å². The number of amides is 1. The van der Waals surface area contributed by atoms with E-state index < -0.39 is 0 Å². The van der Waals surface area contributed by atoms with Crippen LogP contribution in [0.25, 0.3) is 0 Å². The number of rotatable bonds is 4. The molecule has 0 radical (unpaired) electrons. The summed E-state index contributed by atoms with van der Waals surface area (Å²) in [6.45, 7) is 8.33. The number of morpholine rings is 1. The second-order valence-corrected chi connectivity index (χ2v) is 5.88. The quantitative estimate of drug-likeness (QED) is 0.892. The lowest BCUT2D eigenvalue weighted by atomic mass is 9.78. The van der Waals surface area contributed by atoms with Gasteiger partial charge in [-0.05, 0) is 12.5 Å². The Morgan fingerprint density at radius 1 is 1.38 bits per heavy atom. The molecule has 1 aromatic carbocycles. The van der Waals surface area contributed by atoms with E-state index in [2.05, 4.69) is 36.6 Å². The van der Waals surface area contributed by atoms with E-state index >= 15 is 0 Å². The Morgan fingerprint density at radius 2 is 2.05 bits per heavy atom. The van der Waals surface area contributed by atoms with Crippen molar-refractivity contribution in [2.75, 3.05) is 19.7 Å². The number of nitrogens with one attached hydrogen (secondary N) is 2. The van der Waals surface area contributed by atoms with Crippen LogP contribution in [0.15, 0.2) is 30.3 Å². The van der Waals surface area contributed by atoms with Crippen molar-refractivity contribution in [3.05, 3.63) is 35.9 Å². The summed E-state index contributed by atoms with van der Waals surface area (Å²) in [5, 5.41) is 6.26. The predicted octanol–water partition coefficient (Wildman–Crippen LogP) is 1.88. The number of ether oxygens (including phenoxy) is 1. The van der Waals surface area contributed by atoms with Crippen LogP contribution in [0, 0.1) is 0 Å². The van der Waals surface area contributed by atoms with Gasteiger partial charge >= 0.3 is 0 Å². The number of halogens is 1. The van der Waals surface area contributed by atoms with Gasteiger partial charge < -0.3 is 15.4 Å². The largest absolute Gasteiger partial charge is 0.366 e. The molecule has 0 aromatic heterocycles. The molecule has 1 aliphatic heterocycles. The third-order valence-corrected chi connectivity index (χ3v) is 4.18. The van der Waals surface area contributed by atoms with Gasteiger partial charge in [0.2, 0.25) is 0 Å². The van der Waals surface area contributed by atoms with Gasteiger partial charge in [0.25, 0.3) is 5.91 Å². The Bertz CT molecular complexity index is 445. The normalized spacial score (nSPS) is 20.2. The van der Waals surface area contributed by atoms with E-state index in [9.17, 15) is 4.79 Å². The van der Waals surface area contributed by atoms with Crippen LogP contribution < -0.4 is 10.6 Å². The first-order valence-corrected chi connectivity index (χ1v) is 7.20. The van der Waals surface area contributed by atoms with Gasteiger partial charge in [-0.15, -0.1) is 12.4 Å². The molecule has 1 heterocycles. The predicted molar refractivity (Wildman–Crippen MR) is 86.9 cm³/mol. The number of hydrogen-bond donors (Lipinski definition) is 2. The molecule has 1 saturated heterocycles. The minimum Gasteiger partial charge on any atom is -0.366 e. The molecular formula is C16H25ClN2O2. The van der Waals surface area contributed by atoms with Crippen LogP contribution in [0.5, 0.6) is 0 Å². The lowest BCUT2D eigenvalue weighted by Gasteiger charge is -2.34. The number of hydrogen-bond acceptors (Lipinski definition) is 3. The Hall–Kier alpha value is -1.10. The van der Waals surface area contributed by atoms with Gasteiger partial charge in [-0.3, -0.25) is 4.79 Å². The Balaban J connectivity index is 0.00000220. The van der Waals surface area contributed by atoms with Crippen LogP contribution in [0.1, 0.15) is 26.3 Å². The summed E-state index contributed by atoms with van der Waals surface area (Å²) >= 11 is 0. The van der Waals surface area contributed by atoms with Crippen LogP contribution in [-0.2, 0) is 14.9 Å². The average Bonchev–Trinajstić information content (AvgIpc) is 2.49. The van der Waals surface area contributed by atoms with Crippen LogP contribution in [0.3, 0.4) is 0 Å². The van der Waals surface area contributed by atoms with E-state index in [1.54, 1.807) is 0 Å². The van der Waals surface area contributed by atoms with Crippen LogP contribution in [0.4, 0.5) is 0 Å². The molecule has 0 aliphatic carbocycles. The molecule has 21 heavy (non-hydrogen) atoms. The van der Waals surface area contributed by atoms with E-state index in [1.807, 2.05) is 25.1 Å². The summed E-state index contributed by atoms with van der Waals surface area (Å²) < 4.78 is 5.48. The zero-order chi connectivity index (χ0) is 14.6. The summed E-state index contributed by atoms with van der Waals surface area (Å²) in [5.74, 6) is -0.0336. The smallest absolute Gasteiger partial charge is 0.250 e. The SMILES string of the molecule is CC(NC(=O)C1CNCCO1)C(C)(C)c1ccccc1.Cl. The zero-order valence-corrected chi connectivity index (χ0v) is 13.7. The maximum absolute atomic E-state index is 12.2. The van der Waals surface area contributed by atoms with Crippen LogP contribution in [0.2, 0.25) is 0 Å². The molecule has 0 saturated carbocycles. The van der Waals surface area contributed by atoms with Gasteiger partial charge in [0.15, 0.2) is 0 Å². The highest BCUT2D eigenvalue weighted by Crippen LogP contribution is 2.26. The first-order valence-electron chi connectivity index (χ1n) is 7.20. The third-order valence-electron chi connectivity index (χ3n) is 4.18. The van der Waals surface area contributed by atoms with Crippen molar-refractivity contribution in [2.24, 2.45) is 0 Å². The number of carbonyl (C=O) groups is 1. The molecule has 2 rings (SSSR count). The Kier molecular flexibility index (Phi) is 6.65. The molecule has 2 N–H and O–H groups in total. The van der Waals surface area contributed by atoms with E-state index in [0.717, 1.165) is 6.54 Å². The van der Waals surface area contributed by atoms with Crippen LogP contribution in [-0.4, -0.2) is 37.7 Å². The fourth-order valence-electron chi connectivity index (χ4n) is 2.34. The topological polar surface area (TPSA) is 50.4 Å². The van der Waals surface area contributed by atoms with Crippen LogP contribution >= 0.6 is 12.4 Å². The van der Waals surface area contributed by atoms with Crippen molar-refractivity contribution in [2.45, 2.75) is 38.3 Å². The molecule has 2 atom stereocenters. The summed E-state index contributed by atoms with van der Waals surface area (Å²) in [6.07, 6.45) is -0.377. The first-order chi connectivity index (χ1) is 9.51. The maximum atomic E-state index is 12.2. The van der Waals surface area contributed by atoms with E-state index in [1.165, 1.54) is 5.56 Å². The molecule has 2 unspecified atom stereocenters. The van der Waals surface area contributed by atoms with Crippen molar-refractivity contribution < 1.29 is 9.53 Å². The van der Waals surface area contributed by atoms with E-state index in [0.29, 0.717) is 13.2 Å². The maximum Gasteiger partial charge on any atom is 0.250 e. The second kappa shape index (κ2) is 7.78. The molecule has 1 fully saturated rings. The molecule has 5 heteroatoms. The molecule has 1 aliphatic rings. The average molecular weight is 313 g/mol.